The van der Waals surface area contributed by atoms with Gasteiger partial charge in [-0.2, -0.15) is 0 Å². The van der Waals surface area contributed by atoms with Crippen molar-refractivity contribution in [2.24, 2.45) is 11.8 Å². The lowest BCUT2D eigenvalue weighted by Crippen LogP contribution is -2.45. The molecule has 0 radical (unpaired) electrons. The van der Waals surface area contributed by atoms with Crippen LogP contribution in [-0.4, -0.2) is 36.6 Å². The molecule has 1 heterocycles. The van der Waals surface area contributed by atoms with Gasteiger partial charge in [0.1, 0.15) is 0 Å². The molecule has 110 valence electrons. The number of hydrogen-bond donors (Lipinski definition) is 1. The molecule has 2 nitrogen and oxygen atoms in total. The fourth-order valence-corrected chi connectivity index (χ4v) is 4.20. The van der Waals surface area contributed by atoms with Crippen molar-refractivity contribution < 1.29 is 0 Å². The molecule has 3 fully saturated rings. The number of nitrogens with one attached hydrogen (secondary N) is 1. The minimum absolute atomic E-state index is 0.809. The Morgan fingerprint density at radius 1 is 1.05 bits per heavy atom. The molecule has 2 heteroatoms. The van der Waals surface area contributed by atoms with Gasteiger partial charge in [-0.1, -0.05) is 19.3 Å². The summed E-state index contributed by atoms with van der Waals surface area (Å²) in [6.07, 6.45) is 13.1. The molecule has 1 N–H and O–H groups in total. The lowest BCUT2D eigenvalue weighted by Gasteiger charge is -2.43. The Morgan fingerprint density at radius 3 is 2.63 bits per heavy atom. The molecule has 3 rings (SSSR count). The number of fused-ring (bicyclic) bond motifs is 1. The number of hydrogen-bond acceptors (Lipinski definition) is 2. The van der Waals surface area contributed by atoms with E-state index in [1.54, 1.807) is 0 Å². The summed E-state index contributed by atoms with van der Waals surface area (Å²) in [4.78, 5) is 2.80. The van der Waals surface area contributed by atoms with Crippen molar-refractivity contribution in [3.8, 4) is 0 Å². The van der Waals surface area contributed by atoms with Gasteiger partial charge < -0.3 is 10.2 Å². The van der Waals surface area contributed by atoms with Gasteiger partial charge in [-0.15, -0.1) is 0 Å². The highest BCUT2D eigenvalue weighted by molar-refractivity contribution is 4.86. The molecular formula is C17H32N2. The standard InChI is InChI=1S/C17H32N2/c1-14(5-4-11-18-17-8-9-17)19-12-10-15-6-2-3-7-16(15)13-19/h14-18H,2-13H2,1H3. The Hall–Kier alpha value is -0.0800. The van der Waals surface area contributed by atoms with E-state index in [4.69, 9.17) is 0 Å². The van der Waals surface area contributed by atoms with Crippen LogP contribution in [0.5, 0.6) is 0 Å². The molecule has 19 heavy (non-hydrogen) atoms. The average Bonchev–Trinajstić information content (AvgIpc) is 3.27. The molecule has 2 aliphatic carbocycles. The van der Waals surface area contributed by atoms with E-state index < -0.39 is 0 Å². The van der Waals surface area contributed by atoms with Gasteiger partial charge in [0.15, 0.2) is 0 Å². The quantitative estimate of drug-likeness (QED) is 0.740. The van der Waals surface area contributed by atoms with E-state index in [1.165, 1.54) is 77.4 Å². The smallest absolute Gasteiger partial charge is 0.00682 e. The van der Waals surface area contributed by atoms with Crippen LogP contribution in [0.2, 0.25) is 0 Å². The van der Waals surface area contributed by atoms with E-state index in [0.29, 0.717) is 0 Å². The van der Waals surface area contributed by atoms with Crippen LogP contribution in [0.25, 0.3) is 0 Å². The fraction of sp³-hybridized carbons (Fsp3) is 1.00. The third-order valence-corrected chi connectivity index (χ3v) is 5.76. The Labute approximate surface area is 119 Å². The highest BCUT2D eigenvalue weighted by Gasteiger charge is 2.32. The maximum atomic E-state index is 3.64. The Balaban J connectivity index is 1.35. The van der Waals surface area contributed by atoms with Crippen molar-refractivity contribution in [1.29, 1.82) is 0 Å². The van der Waals surface area contributed by atoms with E-state index in [0.717, 1.165) is 23.9 Å². The van der Waals surface area contributed by atoms with Crippen molar-refractivity contribution in [3.05, 3.63) is 0 Å². The van der Waals surface area contributed by atoms with Crippen LogP contribution in [0.4, 0.5) is 0 Å². The molecule has 0 aromatic rings. The minimum atomic E-state index is 0.809. The summed E-state index contributed by atoms with van der Waals surface area (Å²) >= 11 is 0. The Kier molecular flexibility index (Phi) is 4.81. The van der Waals surface area contributed by atoms with E-state index in [9.17, 15) is 0 Å². The summed E-state index contributed by atoms with van der Waals surface area (Å²) in [5.41, 5.74) is 0. The molecule has 1 saturated heterocycles. The summed E-state index contributed by atoms with van der Waals surface area (Å²) in [7, 11) is 0. The maximum Gasteiger partial charge on any atom is 0.00682 e. The second-order valence-electron chi connectivity index (χ2n) is 7.31. The van der Waals surface area contributed by atoms with Crippen molar-refractivity contribution in [1.82, 2.24) is 10.2 Å². The molecule has 3 aliphatic rings. The van der Waals surface area contributed by atoms with Crippen LogP contribution in [0.3, 0.4) is 0 Å². The molecule has 1 aliphatic heterocycles. The lowest BCUT2D eigenvalue weighted by atomic mass is 9.75. The maximum absolute atomic E-state index is 3.64. The Bertz CT molecular complexity index is 274. The topological polar surface area (TPSA) is 15.3 Å². The van der Waals surface area contributed by atoms with Gasteiger partial charge in [-0.25, -0.2) is 0 Å². The molecule has 3 unspecified atom stereocenters. The number of likely N-dealkylation sites (tertiary alicyclic amines) is 1. The normalized spacial score (nSPS) is 33.9. The van der Waals surface area contributed by atoms with E-state index >= 15 is 0 Å². The Morgan fingerprint density at radius 2 is 1.84 bits per heavy atom. The van der Waals surface area contributed by atoms with Crippen LogP contribution in [0.15, 0.2) is 0 Å². The van der Waals surface area contributed by atoms with Crippen LogP contribution in [0, 0.1) is 11.8 Å². The highest BCUT2D eigenvalue weighted by Crippen LogP contribution is 2.36. The molecule has 3 atom stereocenters. The van der Waals surface area contributed by atoms with Gasteiger partial charge in [0.25, 0.3) is 0 Å². The van der Waals surface area contributed by atoms with Gasteiger partial charge in [-0.05, 0) is 70.4 Å². The number of rotatable bonds is 6. The first-order valence-electron chi connectivity index (χ1n) is 8.80. The van der Waals surface area contributed by atoms with E-state index in [-0.39, 0.29) is 0 Å². The lowest BCUT2D eigenvalue weighted by molar-refractivity contribution is 0.0587. The largest absolute Gasteiger partial charge is 0.314 e. The predicted molar refractivity (Wildman–Crippen MR) is 81.4 cm³/mol. The fourth-order valence-electron chi connectivity index (χ4n) is 4.20. The summed E-state index contributed by atoms with van der Waals surface area (Å²) in [5.74, 6) is 2.11. The van der Waals surface area contributed by atoms with E-state index in [2.05, 4.69) is 17.1 Å². The molecule has 0 bridgehead atoms. The zero-order chi connectivity index (χ0) is 13.1. The number of nitrogens with zero attached hydrogens (tertiary/aromatic N) is 1. The first-order chi connectivity index (χ1) is 9.33. The van der Waals surface area contributed by atoms with Gasteiger partial charge in [0.05, 0.1) is 0 Å². The molecule has 0 amide bonds. The second kappa shape index (κ2) is 6.58. The molecule has 0 spiro atoms. The number of piperidine rings is 1. The second-order valence-corrected chi connectivity index (χ2v) is 7.31. The van der Waals surface area contributed by atoms with Crippen LogP contribution >= 0.6 is 0 Å². The summed E-state index contributed by atoms with van der Waals surface area (Å²) < 4.78 is 0. The van der Waals surface area contributed by atoms with Crippen LogP contribution in [-0.2, 0) is 0 Å². The molecule has 2 saturated carbocycles. The van der Waals surface area contributed by atoms with Crippen LogP contribution < -0.4 is 5.32 Å². The summed E-state index contributed by atoms with van der Waals surface area (Å²) in [6.45, 7) is 6.48. The van der Waals surface area contributed by atoms with Gasteiger partial charge in [0.2, 0.25) is 0 Å². The van der Waals surface area contributed by atoms with Crippen molar-refractivity contribution in [3.63, 3.8) is 0 Å². The zero-order valence-electron chi connectivity index (χ0n) is 12.7. The summed E-state index contributed by atoms with van der Waals surface area (Å²) in [6, 6.07) is 1.69. The first kappa shape index (κ1) is 13.9. The first-order valence-corrected chi connectivity index (χ1v) is 8.80. The van der Waals surface area contributed by atoms with E-state index in [1.807, 2.05) is 0 Å². The third-order valence-electron chi connectivity index (χ3n) is 5.76. The van der Waals surface area contributed by atoms with Crippen molar-refractivity contribution in [2.45, 2.75) is 76.8 Å². The minimum Gasteiger partial charge on any atom is -0.314 e. The summed E-state index contributed by atoms with van der Waals surface area (Å²) in [5, 5.41) is 3.64. The zero-order valence-corrected chi connectivity index (χ0v) is 12.7. The van der Waals surface area contributed by atoms with Gasteiger partial charge in [0, 0.05) is 18.6 Å². The third kappa shape index (κ3) is 3.95. The molecular weight excluding hydrogens is 232 g/mol. The highest BCUT2D eigenvalue weighted by atomic mass is 15.2. The average molecular weight is 264 g/mol. The molecule has 0 aromatic heterocycles. The molecule has 0 aromatic carbocycles. The SMILES string of the molecule is CC(CCCNC1CC1)N1CCC2CCCCC2C1. The van der Waals surface area contributed by atoms with Gasteiger partial charge >= 0.3 is 0 Å². The van der Waals surface area contributed by atoms with Crippen molar-refractivity contribution >= 4 is 0 Å². The predicted octanol–water partition coefficient (Wildman–Crippen LogP) is 3.42. The van der Waals surface area contributed by atoms with Gasteiger partial charge in [-0.3, -0.25) is 0 Å². The van der Waals surface area contributed by atoms with Crippen molar-refractivity contribution in [2.75, 3.05) is 19.6 Å². The van der Waals surface area contributed by atoms with Crippen LogP contribution in [0.1, 0.15) is 64.7 Å². The monoisotopic (exact) mass is 264 g/mol.